The van der Waals surface area contributed by atoms with E-state index in [2.05, 4.69) is 26.3 Å². The second-order valence-electron chi connectivity index (χ2n) is 6.73. The Bertz CT molecular complexity index is 1110. The fraction of sp³-hybridized carbons (Fsp3) is 0.182. The number of nitrogens with zero attached hydrogens (tertiary/aromatic N) is 2. The van der Waals surface area contributed by atoms with E-state index in [1.807, 2.05) is 37.3 Å². The average Bonchev–Trinajstić information content (AvgIpc) is 3.00. The normalized spacial score (nSPS) is 12.9. The van der Waals surface area contributed by atoms with Gasteiger partial charge in [0.1, 0.15) is 18.4 Å². The van der Waals surface area contributed by atoms with E-state index in [9.17, 15) is 4.79 Å². The monoisotopic (exact) mass is 487 g/mol. The summed E-state index contributed by atoms with van der Waals surface area (Å²) in [5.74, 6) is 0.957. The summed E-state index contributed by atoms with van der Waals surface area (Å²) in [6.07, 6.45) is 3.11. The molecule has 0 fully saturated rings. The first-order chi connectivity index (χ1) is 14.5. The Balaban J connectivity index is 1.48. The molecule has 1 amide bonds. The number of anilines is 1. The Morgan fingerprint density at radius 2 is 1.93 bits per heavy atom. The molecule has 2 heterocycles. The topological polar surface area (TPSA) is 65.4 Å². The molecule has 8 heteroatoms. The Morgan fingerprint density at radius 1 is 1.23 bits per heavy atom. The highest BCUT2D eigenvalue weighted by Gasteiger charge is 2.16. The van der Waals surface area contributed by atoms with Gasteiger partial charge in [0, 0.05) is 28.2 Å². The van der Waals surface area contributed by atoms with Crippen LogP contribution in [0.15, 0.2) is 53.0 Å². The van der Waals surface area contributed by atoms with Crippen LogP contribution in [0.25, 0.3) is 6.08 Å². The van der Waals surface area contributed by atoms with Crippen molar-refractivity contribution in [2.75, 3.05) is 18.5 Å². The van der Waals surface area contributed by atoms with Crippen LogP contribution in [-0.4, -0.2) is 28.9 Å². The van der Waals surface area contributed by atoms with E-state index in [0.717, 1.165) is 11.3 Å². The maximum absolute atomic E-state index is 12.5. The van der Waals surface area contributed by atoms with Crippen LogP contribution < -0.4 is 14.8 Å². The minimum absolute atomic E-state index is 0.293. The van der Waals surface area contributed by atoms with Gasteiger partial charge in [-0.15, -0.1) is 0 Å². The summed E-state index contributed by atoms with van der Waals surface area (Å²) in [4.78, 5) is 12.5. The molecule has 2 aromatic carbocycles. The smallest absolute Gasteiger partial charge is 0.248 e. The Kier molecular flexibility index (Phi) is 6.11. The molecule has 1 N–H and O–H groups in total. The van der Waals surface area contributed by atoms with E-state index in [0.29, 0.717) is 52.1 Å². The van der Waals surface area contributed by atoms with Gasteiger partial charge in [-0.2, -0.15) is 5.10 Å². The molecule has 3 aromatic rings. The van der Waals surface area contributed by atoms with Crippen LogP contribution >= 0.6 is 27.5 Å². The molecule has 6 nitrogen and oxygen atoms in total. The van der Waals surface area contributed by atoms with E-state index in [1.54, 1.807) is 22.9 Å². The lowest BCUT2D eigenvalue weighted by Gasteiger charge is -2.19. The fourth-order valence-corrected chi connectivity index (χ4v) is 3.83. The molecule has 0 unspecified atom stereocenters. The standard InChI is InChI=1S/C22H19BrClN3O3/c1-14-16(22(24)27(26-14)13-15-5-3-2-4-6-15)7-8-21(28)25-18-12-20-19(11-17(18)23)29-9-10-30-20/h2-8,11-12H,9-10,13H2,1H3,(H,25,28)/b8-7+. The van der Waals surface area contributed by atoms with Crippen molar-refractivity contribution in [3.05, 3.63) is 75.0 Å². The molecule has 0 radical (unpaired) electrons. The van der Waals surface area contributed by atoms with Crippen LogP contribution in [0, 0.1) is 6.92 Å². The molecule has 0 atom stereocenters. The van der Waals surface area contributed by atoms with Crippen LogP contribution in [0.4, 0.5) is 5.69 Å². The number of rotatable bonds is 5. The summed E-state index contributed by atoms with van der Waals surface area (Å²) < 4.78 is 13.5. The third kappa shape index (κ3) is 4.52. The minimum Gasteiger partial charge on any atom is -0.486 e. The second-order valence-corrected chi connectivity index (χ2v) is 7.94. The number of aromatic nitrogens is 2. The maximum Gasteiger partial charge on any atom is 0.248 e. The molecule has 1 aliphatic rings. The van der Waals surface area contributed by atoms with Crippen molar-refractivity contribution in [2.45, 2.75) is 13.5 Å². The summed E-state index contributed by atoms with van der Waals surface area (Å²) >= 11 is 9.96. The van der Waals surface area contributed by atoms with Gasteiger partial charge in [-0.1, -0.05) is 41.9 Å². The number of benzene rings is 2. The molecule has 30 heavy (non-hydrogen) atoms. The van der Waals surface area contributed by atoms with Crippen LogP contribution in [0.3, 0.4) is 0 Å². The van der Waals surface area contributed by atoms with Gasteiger partial charge in [0.15, 0.2) is 11.5 Å². The molecule has 154 valence electrons. The van der Waals surface area contributed by atoms with Gasteiger partial charge in [-0.25, -0.2) is 4.68 Å². The number of hydrogen-bond acceptors (Lipinski definition) is 4. The van der Waals surface area contributed by atoms with Crippen LogP contribution in [0.2, 0.25) is 5.15 Å². The Hall–Kier alpha value is -2.77. The van der Waals surface area contributed by atoms with Crippen molar-refractivity contribution in [3.63, 3.8) is 0 Å². The Labute approximate surface area is 187 Å². The number of carbonyl (C=O) groups is 1. The van der Waals surface area contributed by atoms with Crippen molar-refractivity contribution >= 4 is 45.2 Å². The molecule has 0 bridgehead atoms. The van der Waals surface area contributed by atoms with E-state index in [1.165, 1.54) is 6.08 Å². The zero-order chi connectivity index (χ0) is 21.1. The number of fused-ring (bicyclic) bond motifs is 1. The van der Waals surface area contributed by atoms with E-state index >= 15 is 0 Å². The predicted molar refractivity (Wildman–Crippen MR) is 120 cm³/mol. The van der Waals surface area contributed by atoms with Crippen molar-refractivity contribution in [1.82, 2.24) is 9.78 Å². The molecule has 4 rings (SSSR count). The van der Waals surface area contributed by atoms with E-state index in [-0.39, 0.29) is 5.91 Å². The first-order valence-corrected chi connectivity index (χ1v) is 10.5. The zero-order valence-corrected chi connectivity index (χ0v) is 18.5. The third-order valence-electron chi connectivity index (χ3n) is 4.58. The minimum atomic E-state index is -0.293. The summed E-state index contributed by atoms with van der Waals surface area (Å²) in [6, 6.07) is 13.5. The SMILES string of the molecule is Cc1nn(Cc2ccccc2)c(Cl)c1/C=C/C(=O)Nc1cc2c(cc1Br)OCCO2. The van der Waals surface area contributed by atoms with Crippen molar-refractivity contribution in [2.24, 2.45) is 0 Å². The van der Waals surface area contributed by atoms with Gasteiger partial charge >= 0.3 is 0 Å². The lowest BCUT2D eigenvalue weighted by Crippen LogP contribution is -2.16. The third-order valence-corrected chi connectivity index (χ3v) is 5.63. The molecule has 0 spiro atoms. The second kappa shape index (κ2) is 8.93. The lowest BCUT2D eigenvalue weighted by molar-refractivity contribution is -0.111. The summed E-state index contributed by atoms with van der Waals surface area (Å²) in [5, 5.41) is 7.82. The predicted octanol–water partition coefficient (Wildman–Crippen LogP) is 5.08. The number of nitrogens with one attached hydrogen (secondary N) is 1. The highest BCUT2D eigenvalue weighted by molar-refractivity contribution is 9.10. The molecule has 1 aliphatic heterocycles. The van der Waals surface area contributed by atoms with Crippen LogP contribution in [0.1, 0.15) is 16.8 Å². The van der Waals surface area contributed by atoms with Gasteiger partial charge in [-0.3, -0.25) is 4.79 Å². The van der Waals surface area contributed by atoms with Crippen molar-refractivity contribution < 1.29 is 14.3 Å². The Morgan fingerprint density at radius 3 is 2.67 bits per heavy atom. The van der Waals surface area contributed by atoms with Gasteiger partial charge < -0.3 is 14.8 Å². The van der Waals surface area contributed by atoms with Gasteiger partial charge in [0.2, 0.25) is 5.91 Å². The first kappa shape index (κ1) is 20.5. The summed E-state index contributed by atoms with van der Waals surface area (Å²) in [6.45, 7) is 3.41. The number of ether oxygens (including phenoxy) is 2. The van der Waals surface area contributed by atoms with Gasteiger partial charge in [0.25, 0.3) is 0 Å². The first-order valence-electron chi connectivity index (χ1n) is 9.36. The highest BCUT2D eigenvalue weighted by Crippen LogP contribution is 2.38. The fourth-order valence-electron chi connectivity index (χ4n) is 3.11. The molecular weight excluding hydrogens is 470 g/mol. The molecule has 0 aliphatic carbocycles. The van der Waals surface area contributed by atoms with Crippen LogP contribution in [0.5, 0.6) is 11.5 Å². The van der Waals surface area contributed by atoms with Gasteiger partial charge in [-0.05, 0) is 34.5 Å². The van der Waals surface area contributed by atoms with Crippen molar-refractivity contribution in [3.8, 4) is 11.5 Å². The van der Waals surface area contributed by atoms with E-state index < -0.39 is 0 Å². The zero-order valence-electron chi connectivity index (χ0n) is 16.2. The largest absolute Gasteiger partial charge is 0.486 e. The number of carbonyl (C=O) groups excluding carboxylic acids is 1. The van der Waals surface area contributed by atoms with Gasteiger partial charge in [0.05, 0.1) is 17.9 Å². The lowest BCUT2D eigenvalue weighted by atomic mass is 10.2. The number of halogens is 2. The van der Waals surface area contributed by atoms with Crippen molar-refractivity contribution in [1.29, 1.82) is 0 Å². The molecule has 0 saturated heterocycles. The quantitative estimate of drug-likeness (QED) is 0.509. The molecule has 0 saturated carbocycles. The number of hydrogen-bond donors (Lipinski definition) is 1. The highest BCUT2D eigenvalue weighted by atomic mass is 79.9. The summed E-state index contributed by atoms with van der Waals surface area (Å²) in [5.41, 5.74) is 3.15. The van der Waals surface area contributed by atoms with Crippen LogP contribution in [-0.2, 0) is 11.3 Å². The molecule has 1 aromatic heterocycles. The number of amides is 1. The molecular formula is C22H19BrClN3O3. The summed E-state index contributed by atoms with van der Waals surface area (Å²) in [7, 11) is 0. The van der Waals surface area contributed by atoms with E-state index in [4.69, 9.17) is 21.1 Å². The maximum atomic E-state index is 12.5. The average molecular weight is 489 g/mol. The number of aryl methyl sites for hydroxylation is 1.